The van der Waals surface area contributed by atoms with Crippen LogP contribution in [0.5, 0.6) is 0 Å². The predicted molar refractivity (Wildman–Crippen MR) is 79.5 cm³/mol. The van der Waals surface area contributed by atoms with Crippen LogP contribution in [0.1, 0.15) is 40.0 Å². The largest absolute Gasteiger partial charge is 0.465 e. The molecule has 0 aliphatic carbocycles. The average Bonchev–Trinajstić information content (AvgIpc) is 2.85. The summed E-state index contributed by atoms with van der Waals surface area (Å²) in [5.74, 6) is -0.286. The number of nitrogens with zero attached hydrogens (tertiary/aromatic N) is 2. The Morgan fingerprint density at radius 3 is 2.90 bits per heavy atom. The molecule has 3 atom stereocenters. The Hall–Kier alpha value is -0.650. The molecule has 0 aromatic rings. The van der Waals surface area contributed by atoms with Crippen molar-refractivity contribution in [1.29, 1.82) is 0 Å². The summed E-state index contributed by atoms with van der Waals surface area (Å²) in [6, 6.07) is 1.02. The van der Waals surface area contributed by atoms with Crippen molar-refractivity contribution in [2.45, 2.75) is 57.7 Å². The van der Waals surface area contributed by atoms with E-state index in [0.717, 1.165) is 19.6 Å². The zero-order valence-corrected chi connectivity index (χ0v) is 13.1. The Labute approximate surface area is 122 Å². The van der Waals surface area contributed by atoms with E-state index in [9.17, 15) is 4.79 Å². The topological polar surface area (TPSA) is 58.8 Å². The number of esters is 1. The first-order valence-corrected chi connectivity index (χ1v) is 7.88. The molecule has 2 saturated heterocycles. The molecule has 2 aliphatic rings. The molecule has 5 nitrogen and oxygen atoms in total. The molecule has 20 heavy (non-hydrogen) atoms. The van der Waals surface area contributed by atoms with Crippen LogP contribution in [0.25, 0.3) is 0 Å². The minimum Gasteiger partial charge on any atom is -0.465 e. The molecule has 2 heterocycles. The standard InChI is InChI=1S/C15H29N3O2/c1-4-20-14(19)15(3,16)10-12(2)18-9-8-17-7-5-6-13(17)11-18/h12-13H,4-11,16H2,1-3H3. The molecule has 0 radical (unpaired) electrons. The smallest absolute Gasteiger partial charge is 0.325 e. The quantitative estimate of drug-likeness (QED) is 0.757. The fraction of sp³-hybridized carbons (Fsp3) is 0.933. The number of nitrogens with two attached hydrogens (primary N) is 1. The molecule has 2 rings (SSSR count). The lowest BCUT2D eigenvalue weighted by Gasteiger charge is -2.42. The highest BCUT2D eigenvalue weighted by Crippen LogP contribution is 2.24. The molecule has 2 aliphatic heterocycles. The van der Waals surface area contributed by atoms with Crippen molar-refractivity contribution in [3.8, 4) is 0 Å². The normalized spacial score (nSPS) is 28.7. The fourth-order valence-corrected chi connectivity index (χ4v) is 3.54. The van der Waals surface area contributed by atoms with Gasteiger partial charge in [0.1, 0.15) is 5.54 Å². The summed E-state index contributed by atoms with van der Waals surface area (Å²) in [6.45, 7) is 10.8. The van der Waals surface area contributed by atoms with Gasteiger partial charge in [-0.3, -0.25) is 14.6 Å². The van der Waals surface area contributed by atoms with Crippen LogP contribution in [0.3, 0.4) is 0 Å². The molecule has 2 fully saturated rings. The van der Waals surface area contributed by atoms with Crippen molar-refractivity contribution < 1.29 is 9.53 Å². The van der Waals surface area contributed by atoms with Gasteiger partial charge in [0.25, 0.3) is 0 Å². The van der Waals surface area contributed by atoms with Gasteiger partial charge >= 0.3 is 5.97 Å². The van der Waals surface area contributed by atoms with E-state index < -0.39 is 5.54 Å². The molecule has 116 valence electrons. The minimum atomic E-state index is -0.887. The Balaban J connectivity index is 1.87. The summed E-state index contributed by atoms with van der Waals surface area (Å²) in [6.07, 6.45) is 3.28. The van der Waals surface area contributed by atoms with Crippen LogP contribution in [0.4, 0.5) is 0 Å². The van der Waals surface area contributed by atoms with Crippen molar-refractivity contribution in [3.05, 3.63) is 0 Å². The van der Waals surface area contributed by atoms with E-state index >= 15 is 0 Å². The van der Waals surface area contributed by atoms with Gasteiger partial charge in [0, 0.05) is 31.7 Å². The molecule has 0 amide bonds. The number of hydrogen-bond donors (Lipinski definition) is 1. The summed E-state index contributed by atoms with van der Waals surface area (Å²) < 4.78 is 5.07. The van der Waals surface area contributed by atoms with Crippen molar-refractivity contribution >= 4 is 5.97 Å². The van der Waals surface area contributed by atoms with E-state index in [1.165, 1.54) is 19.4 Å². The molecule has 3 unspecified atom stereocenters. The van der Waals surface area contributed by atoms with Crippen molar-refractivity contribution in [2.24, 2.45) is 5.73 Å². The maximum Gasteiger partial charge on any atom is 0.325 e. The molecule has 0 aromatic heterocycles. The van der Waals surface area contributed by atoms with Gasteiger partial charge in [0.05, 0.1) is 6.61 Å². The number of piperazine rings is 1. The van der Waals surface area contributed by atoms with Gasteiger partial charge in [-0.25, -0.2) is 0 Å². The molecule has 0 aromatic carbocycles. The monoisotopic (exact) mass is 283 g/mol. The zero-order chi connectivity index (χ0) is 14.8. The average molecular weight is 283 g/mol. The van der Waals surface area contributed by atoms with Crippen LogP contribution >= 0.6 is 0 Å². The first-order valence-electron chi connectivity index (χ1n) is 7.88. The summed E-state index contributed by atoms with van der Waals surface area (Å²) in [5.41, 5.74) is 5.26. The van der Waals surface area contributed by atoms with E-state index in [0.29, 0.717) is 25.1 Å². The van der Waals surface area contributed by atoms with Gasteiger partial charge in [-0.15, -0.1) is 0 Å². The number of carbonyl (C=O) groups excluding carboxylic acids is 1. The molecule has 5 heteroatoms. The molecule has 0 spiro atoms. The van der Waals surface area contributed by atoms with Crippen LogP contribution in [0.15, 0.2) is 0 Å². The van der Waals surface area contributed by atoms with E-state index in [-0.39, 0.29) is 5.97 Å². The number of fused-ring (bicyclic) bond motifs is 1. The van der Waals surface area contributed by atoms with E-state index in [2.05, 4.69) is 16.7 Å². The summed E-state index contributed by atoms with van der Waals surface area (Å²) in [4.78, 5) is 17.0. The number of carbonyl (C=O) groups is 1. The Morgan fingerprint density at radius 2 is 2.20 bits per heavy atom. The van der Waals surface area contributed by atoms with Crippen LogP contribution in [-0.4, -0.2) is 66.2 Å². The highest BCUT2D eigenvalue weighted by molar-refractivity contribution is 5.80. The van der Waals surface area contributed by atoms with Gasteiger partial charge in [-0.2, -0.15) is 0 Å². The second-order valence-electron chi connectivity index (χ2n) is 6.52. The zero-order valence-electron chi connectivity index (χ0n) is 13.1. The predicted octanol–water partition coefficient (Wildman–Crippen LogP) is 0.826. The third-order valence-electron chi connectivity index (χ3n) is 4.70. The fourth-order valence-electron chi connectivity index (χ4n) is 3.54. The second-order valence-corrected chi connectivity index (χ2v) is 6.52. The molecular formula is C15H29N3O2. The van der Waals surface area contributed by atoms with E-state index in [1.807, 2.05) is 6.92 Å². The van der Waals surface area contributed by atoms with Crippen molar-refractivity contribution in [1.82, 2.24) is 9.80 Å². The highest BCUT2D eigenvalue weighted by Gasteiger charge is 2.37. The number of hydrogen-bond acceptors (Lipinski definition) is 5. The maximum absolute atomic E-state index is 11.9. The van der Waals surface area contributed by atoms with Gasteiger partial charge in [-0.1, -0.05) is 0 Å². The minimum absolute atomic E-state index is 0.286. The van der Waals surface area contributed by atoms with Crippen molar-refractivity contribution in [3.63, 3.8) is 0 Å². The summed E-state index contributed by atoms with van der Waals surface area (Å²) >= 11 is 0. The van der Waals surface area contributed by atoms with Crippen LogP contribution in [0, 0.1) is 0 Å². The van der Waals surface area contributed by atoms with Crippen LogP contribution < -0.4 is 5.73 Å². The molecular weight excluding hydrogens is 254 g/mol. The third kappa shape index (κ3) is 3.51. The van der Waals surface area contributed by atoms with Crippen molar-refractivity contribution in [2.75, 3.05) is 32.8 Å². The Kier molecular flexibility index (Phi) is 5.04. The van der Waals surface area contributed by atoms with E-state index in [1.54, 1.807) is 6.92 Å². The second kappa shape index (κ2) is 6.41. The Morgan fingerprint density at radius 1 is 1.45 bits per heavy atom. The first-order chi connectivity index (χ1) is 9.44. The number of rotatable bonds is 5. The number of ether oxygens (including phenoxy) is 1. The summed E-state index contributed by atoms with van der Waals surface area (Å²) in [7, 11) is 0. The highest BCUT2D eigenvalue weighted by atomic mass is 16.5. The molecule has 0 bridgehead atoms. The van der Waals surface area contributed by atoms with Crippen LogP contribution in [-0.2, 0) is 9.53 Å². The van der Waals surface area contributed by atoms with Gasteiger partial charge in [0.15, 0.2) is 0 Å². The molecule has 0 saturated carbocycles. The maximum atomic E-state index is 11.9. The summed E-state index contributed by atoms with van der Waals surface area (Å²) in [5, 5.41) is 0. The first kappa shape index (κ1) is 15.7. The molecule has 2 N–H and O–H groups in total. The lowest BCUT2D eigenvalue weighted by molar-refractivity contribution is -0.149. The van der Waals surface area contributed by atoms with Gasteiger partial charge in [0.2, 0.25) is 0 Å². The lowest BCUT2D eigenvalue weighted by Crippen LogP contribution is -2.56. The van der Waals surface area contributed by atoms with E-state index in [4.69, 9.17) is 10.5 Å². The van der Waals surface area contributed by atoms with Gasteiger partial charge < -0.3 is 10.5 Å². The lowest BCUT2D eigenvalue weighted by atomic mass is 9.93. The SMILES string of the molecule is CCOC(=O)C(C)(N)CC(C)N1CCN2CCCC2C1. The van der Waals surface area contributed by atoms with Crippen LogP contribution in [0.2, 0.25) is 0 Å². The Bertz CT molecular complexity index is 346. The third-order valence-corrected chi connectivity index (χ3v) is 4.70. The van der Waals surface area contributed by atoms with Gasteiger partial charge in [-0.05, 0) is 46.6 Å².